The lowest BCUT2D eigenvalue weighted by Crippen LogP contribution is -2.35. The van der Waals surface area contributed by atoms with Gasteiger partial charge in [0.05, 0.1) is 0 Å². The monoisotopic (exact) mass is 438 g/mol. The first-order valence-corrected chi connectivity index (χ1v) is 9.56. The zero-order valence-electron chi connectivity index (χ0n) is 15.0. The van der Waals surface area contributed by atoms with Gasteiger partial charge >= 0.3 is 0 Å². The van der Waals surface area contributed by atoms with Gasteiger partial charge in [-0.15, -0.1) is 0 Å². The number of benzene rings is 2. The third kappa shape index (κ3) is 5.69. The van der Waals surface area contributed by atoms with Crippen molar-refractivity contribution in [3.05, 3.63) is 100 Å². The number of carbonyl (C=O) groups is 2. The average molecular weight is 439 g/mol. The van der Waals surface area contributed by atoms with Crippen LogP contribution in [0.15, 0.2) is 87.6 Å². The molecule has 1 heterocycles. The second kappa shape index (κ2) is 9.71. The molecule has 3 aromatic rings. The molecule has 142 valence electrons. The summed E-state index contributed by atoms with van der Waals surface area (Å²) in [6.07, 6.45) is 2.33. The molecule has 2 N–H and O–H groups in total. The van der Waals surface area contributed by atoms with E-state index in [9.17, 15) is 9.59 Å². The molecule has 0 bridgehead atoms. The Bertz CT molecular complexity index is 966. The van der Waals surface area contributed by atoms with Gasteiger partial charge in [-0.1, -0.05) is 60.7 Å². The maximum absolute atomic E-state index is 12.7. The lowest BCUT2D eigenvalue weighted by molar-refractivity contribution is -0.117. The van der Waals surface area contributed by atoms with Crippen LogP contribution in [0.3, 0.4) is 0 Å². The highest BCUT2D eigenvalue weighted by molar-refractivity contribution is 9.10. The van der Waals surface area contributed by atoms with Crippen LogP contribution in [0, 0.1) is 0 Å². The van der Waals surface area contributed by atoms with Crippen LogP contribution in [0.2, 0.25) is 0 Å². The molecule has 0 fully saturated rings. The van der Waals surface area contributed by atoms with Crippen LogP contribution in [-0.2, 0) is 11.2 Å². The minimum Gasteiger partial charge on any atom is -0.444 e. The summed E-state index contributed by atoms with van der Waals surface area (Å²) in [5.41, 5.74) is 2.08. The maximum Gasteiger partial charge on any atom is 0.291 e. The molecule has 0 aliphatic rings. The van der Waals surface area contributed by atoms with Gasteiger partial charge in [0.25, 0.3) is 11.8 Å². The highest BCUT2D eigenvalue weighted by Gasteiger charge is 2.17. The summed E-state index contributed by atoms with van der Waals surface area (Å²) in [6.45, 7) is 0.456. The summed E-state index contributed by atoms with van der Waals surface area (Å²) >= 11 is 3.17. The Morgan fingerprint density at radius 2 is 1.61 bits per heavy atom. The maximum atomic E-state index is 12.7. The molecule has 0 saturated heterocycles. The first-order chi connectivity index (χ1) is 13.6. The largest absolute Gasteiger partial charge is 0.444 e. The standard InChI is InChI=1S/C22H19BrN2O3/c23-20-12-11-19(28-20)22(27)25-18(15-17-9-5-2-6-10-17)21(26)24-14-13-16-7-3-1-4-8-16/h1-12,15H,13-14H2,(H,24,26)(H,25,27). The minimum atomic E-state index is -0.494. The van der Waals surface area contributed by atoms with E-state index in [4.69, 9.17) is 4.42 Å². The van der Waals surface area contributed by atoms with Crippen molar-refractivity contribution in [3.8, 4) is 0 Å². The normalized spacial score (nSPS) is 11.1. The van der Waals surface area contributed by atoms with E-state index in [1.54, 1.807) is 12.1 Å². The summed E-state index contributed by atoms with van der Waals surface area (Å²) in [7, 11) is 0. The fraction of sp³-hybridized carbons (Fsp3) is 0.0909. The number of hydrogen-bond donors (Lipinski definition) is 2. The van der Waals surface area contributed by atoms with Crippen LogP contribution in [0.25, 0.3) is 6.08 Å². The summed E-state index contributed by atoms with van der Waals surface area (Å²) in [6, 6.07) is 22.3. The highest BCUT2D eigenvalue weighted by atomic mass is 79.9. The van der Waals surface area contributed by atoms with Crippen LogP contribution >= 0.6 is 15.9 Å². The van der Waals surface area contributed by atoms with E-state index in [1.165, 1.54) is 6.07 Å². The minimum absolute atomic E-state index is 0.114. The molecule has 2 amide bonds. The fourth-order valence-electron chi connectivity index (χ4n) is 2.55. The Morgan fingerprint density at radius 1 is 0.929 bits per heavy atom. The predicted molar refractivity (Wildman–Crippen MR) is 111 cm³/mol. The van der Waals surface area contributed by atoms with Crippen LogP contribution in [0.1, 0.15) is 21.7 Å². The van der Waals surface area contributed by atoms with E-state index >= 15 is 0 Å². The molecule has 6 heteroatoms. The summed E-state index contributed by atoms with van der Waals surface area (Å²) in [4.78, 5) is 25.1. The van der Waals surface area contributed by atoms with Crippen LogP contribution in [0.4, 0.5) is 0 Å². The van der Waals surface area contributed by atoms with Crippen LogP contribution in [0.5, 0.6) is 0 Å². The van der Waals surface area contributed by atoms with Gasteiger partial charge in [0, 0.05) is 6.54 Å². The molecule has 0 atom stereocenters. The Kier molecular flexibility index (Phi) is 6.81. The molecule has 28 heavy (non-hydrogen) atoms. The van der Waals surface area contributed by atoms with E-state index in [2.05, 4.69) is 26.6 Å². The van der Waals surface area contributed by atoms with E-state index in [0.29, 0.717) is 17.6 Å². The molecule has 1 aromatic heterocycles. The van der Waals surface area contributed by atoms with Gasteiger partial charge in [-0.25, -0.2) is 0 Å². The average Bonchev–Trinajstić information content (AvgIpc) is 3.15. The molecule has 0 spiro atoms. The van der Waals surface area contributed by atoms with E-state index < -0.39 is 5.91 Å². The van der Waals surface area contributed by atoms with E-state index in [1.807, 2.05) is 60.7 Å². The SMILES string of the molecule is O=C(NCCc1ccccc1)C(=Cc1ccccc1)NC(=O)c1ccc(Br)o1. The predicted octanol–water partition coefficient (Wildman–Crippen LogP) is 4.17. The van der Waals surface area contributed by atoms with E-state index in [-0.39, 0.29) is 17.4 Å². The van der Waals surface area contributed by atoms with Crippen molar-refractivity contribution >= 4 is 33.8 Å². The van der Waals surface area contributed by atoms with Crippen molar-refractivity contribution in [2.45, 2.75) is 6.42 Å². The van der Waals surface area contributed by atoms with Gasteiger partial charge in [0.1, 0.15) is 5.70 Å². The van der Waals surface area contributed by atoms with Crippen molar-refractivity contribution in [1.29, 1.82) is 0 Å². The Labute approximate surface area is 171 Å². The zero-order valence-corrected chi connectivity index (χ0v) is 16.6. The first kappa shape index (κ1) is 19.6. The Hall–Kier alpha value is -3.12. The van der Waals surface area contributed by atoms with Crippen molar-refractivity contribution in [1.82, 2.24) is 10.6 Å². The molecular formula is C22H19BrN2O3. The van der Waals surface area contributed by atoms with Crippen molar-refractivity contribution < 1.29 is 14.0 Å². The Morgan fingerprint density at radius 3 is 2.25 bits per heavy atom. The van der Waals surface area contributed by atoms with Crippen molar-refractivity contribution in [2.24, 2.45) is 0 Å². The van der Waals surface area contributed by atoms with Crippen LogP contribution < -0.4 is 10.6 Å². The Balaban J connectivity index is 1.70. The molecular weight excluding hydrogens is 420 g/mol. The second-order valence-corrected chi connectivity index (χ2v) is 6.80. The van der Waals surface area contributed by atoms with E-state index in [0.717, 1.165) is 11.1 Å². The number of nitrogens with one attached hydrogen (secondary N) is 2. The lowest BCUT2D eigenvalue weighted by Gasteiger charge is -2.10. The zero-order chi connectivity index (χ0) is 19.8. The molecule has 0 aliphatic carbocycles. The molecule has 0 radical (unpaired) electrons. The number of rotatable bonds is 7. The topological polar surface area (TPSA) is 71.3 Å². The van der Waals surface area contributed by atoms with Gasteiger partial charge in [-0.2, -0.15) is 0 Å². The summed E-state index contributed by atoms with van der Waals surface area (Å²) in [5.74, 6) is -0.743. The van der Waals surface area contributed by atoms with Gasteiger partial charge in [-0.3, -0.25) is 9.59 Å². The van der Waals surface area contributed by atoms with Gasteiger partial charge < -0.3 is 15.1 Å². The lowest BCUT2D eigenvalue weighted by atomic mass is 10.1. The molecule has 0 unspecified atom stereocenters. The summed E-state index contributed by atoms with van der Waals surface area (Å²) < 4.78 is 5.70. The van der Waals surface area contributed by atoms with Gasteiger partial charge in [0.2, 0.25) is 0 Å². The number of hydrogen-bond acceptors (Lipinski definition) is 3. The summed E-state index contributed by atoms with van der Waals surface area (Å²) in [5, 5.41) is 5.49. The molecule has 3 rings (SSSR count). The van der Waals surface area contributed by atoms with Crippen molar-refractivity contribution in [3.63, 3.8) is 0 Å². The number of halogens is 1. The first-order valence-electron chi connectivity index (χ1n) is 8.77. The number of furan rings is 1. The number of carbonyl (C=O) groups excluding carboxylic acids is 2. The quantitative estimate of drug-likeness (QED) is 0.543. The highest BCUT2D eigenvalue weighted by Crippen LogP contribution is 2.14. The third-order valence-electron chi connectivity index (χ3n) is 3.94. The smallest absolute Gasteiger partial charge is 0.291 e. The van der Waals surface area contributed by atoms with Gasteiger partial charge in [0.15, 0.2) is 10.4 Å². The number of amides is 2. The second-order valence-electron chi connectivity index (χ2n) is 6.02. The molecule has 0 aliphatic heterocycles. The molecule has 5 nitrogen and oxygen atoms in total. The molecule has 2 aromatic carbocycles. The van der Waals surface area contributed by atoms with Crippen LogP contribution in [-0.4, -0.2) is 18.4 Å². The fourth-order valence-corrected chi connectivity index (χ4v) is 2.86. The van der Waals surface area contributed by atoms with Crippen molar-refractivity contribution in [2.75, 3.05) is 6.54 Å². The molecule has 0 saturated carbocycles. The van der Waals surface area contributed by atoms with Gasteiger partial charge in [-0.05, 0) is 51.7 Å². The third-order valence-corrected chi connectivity index (χ3v) is 4.37.